The summed E-state index contributed by atoms with van der Waals surface area (Å²) in [5.74, 6) is 0. The van der Waals surface area contributed by atoms with E-state index in [1.54, 1.807) is 15.9 Å². The van der Waals surface area contributed by atoms with Gasteiger partial charge in [-0.15, -0.1) is 16.4 Å². The Balaban J connectivity index is 1.59. The molecule has 0 fully saturated rings. The van der Waals surface area contributed by atoms with E-state index in [1.807, 2.05) is 36.5 Å². The summed E-state index contributed by atoms with van der Waals surface area (Å²) in [5, 5.41) is 20.2. The fourth-order valence-electron chi connectivity index (χ4n) is 2.39. The Morgan fingerprint density at radius 2 is 2.09 bits per heavy atom. The van der Waals surface area contributed by atoms with Crippen molar-refractivity contribution in [3.05, 3.63) is 58.4 Å². The number of rotatable bonds is 5. The summed E-state index contributed by atoms with van der Waals surface area (Å²) < 4.78 is 1.78. The third-order valence-electron chi connectivity index (χ3n) is 3.50. The Labute approximate surface area is 140 Å². The molecule has 0 spiro atoms. The van der Waals surface area contributed by atoms with Crippen molar-refractivity contribution in [2.24, 2.45) is 0 Å². The third kappa shape index (κ3) is 2.86. The summed E-state index contributed by atoms with van der Waals surface area (Å²) in [6, 6.07) is 11.9. The number of fused-ring (bicyclic) bond motifs is 1. The second kappa shape index (κ2) is 6.11. The fraction of sp³-hybridized carbons (Fsp3) is 0.125. The zero-order valence-electron chi connectivity index (χ0n) is 12.1. The van der Waals surface area contributed by atoms with Crippen LogP contribution < -0.4 is 5.32 Å². The second-order valence-electron chi connectivity index (χ2n) is 5.01. The molecule has 0 aliphatic rings. The normalized spacial score (nSPS) is 11.2. The van der Waals surface area contributed by atoms with Crippen LogP contribution in [0, 0.1) is 0 Å². The van der Waals surface area contributed by atoms with Crippen molar-refractivity contribution in [3.8, 4) is 11.3 Å². The smallest absolute Gasteiger partial charge is 0.214 e. The number of anilines is 1. The van der Waals surface area contributed by atoms with E-state index in [9.17, 15) is 5.11 Å². The van der Waals surface area contributed by atoms with Gasteiger partial charge in [-0.3, -0.25) is 0 Å². The zero-order valence-corrected chi connectivity index (χ0v) is 13.8. The molecule has 116 valence electrons. The molecule has 3 aromatic heterocycles. The van der Waals surface area contributed by atoms with Gasteiger partial charge in [0.05, 0.1) is 25.0 Å². The molecule has 0 bridgehead atoms. The number of nitrogens with one attached hydrogen (secondary N) is 1. The number of hydrogen-bond donors (Lipinski definition) is 2. The summed E-state index contributed by atoms with van der Waals surface area (Å²) in [6.45, 7) is 0.775. The third-order valence-corrected chi connectivity index (χ3v) is 5.26. The Kier molecular flexibility index (Phi) is 3.82. The van der Waals surface area contributed by atoms with Gasteiger partial charge in [-0.25, -0.2) is 9.50 Å². The van der Waals surface area contributed by atoms with Gasteiger partial charge in [0.2, 0.25) is 10.1 Å². The van der Waals surface area contributed by atoms with Crippen LogP contribution >= 0.6 is 22.7 Å². The highest BCUT2D eigenvalue weighted by molar-refractivity contribution is 7.20. The number of aliphatic hydroxyl groups excluding tert-OH is 1. The van der Waals surface area contributed by atoms with Gasteiger partial charge in [0.1, 0.15) is 0 Å². The number of nitrogens with zero attached hydrogens (tertiary/aromatic N) is 3. The van der Waals surface area contributed by atoms with Gasteiger partial charge >= 0.3 is 0 Å². The lowest BCUT2D eigenvalue weighted by Gasteiger charge is -2.03. The number of benzene rings is 1. The van der Waals surface area contributed by atoms with Crippen LogP contribution in [0.4, 0.5) is 5.13 Å². The molecule has 1 aromatic carbocycles. The molecule has 0 aliphatic carbocycles. The van der Waals surface area contributed by atoms with Crippen LogP contribution in [0.5, 0.6) is 0 Å². The lowest BCUT2D eigenvalue weighted by atomic mass is 10.1. The Bertz CT molecular complexity index is 895. The van der Waals surface area contributed by atoms with Gasteiger partial charge in [0, 0.05) is 10.4 Å². The summed E-state index contributed by atoms with van der Waals surface area (Å²) >= 11 is 3.24. The average Bonchev–Trinajstić information content (AvgIpc) is 3.28. The molecule has 0 saturated carbocycles. The summed E-state index contributed by atoms with van der Waals surface area (Å²) in [7, 11) is 0. The van der Waals surface area contributed by atoms with Gasteiger partial charge in [-0.2, -0.15) is 0 Å². The predicted octanol–water partition coefficient (Wildman–Crippen LogP) is 3.62. The molecule has 4 aromatic rings. The van der Waals surface area contributed by atoms with Crippen LogP contribution in [-0.4, -0.2) is 19.7 Å². The minimum atomic E-state index is 0.00238. The van der Waals surface area contributed by atoms with Crippen LogP contribution in [0.25, 0.3) is 16.2 Å². The molecule has 2 N–H and O–H groups in total. The van der Waals surface area contributed by atoms with Gasteiger partial charge in [0.15, 0.2) is 0 Å². The van der Waals surface area contributed by atoms with E-state index in [0.29, 0.717) is 0 Å². The quantitative estimate of drug-likeness (QED) is 0.581. The zero-order chi connectivity index (χ0) is 15.6. The molecule has 0 radical (unpaired) electrons. The average molecular weight is 342 g/mol. The van der Waals surface area contributed by atoms with Gasteiger partial charge < -0.3 is 10.4 Å². The Morgan fingerprint density at radius 1 is 1.17 bits per heavy atom. The maximum absolute atomic E-state index is 9.45. The highest BCUT2D eigenvalue weighted by Crippen LogP contribution is 2.27. The highest BCUT2D eigenvalue weighted by Gasteiger charge is 2.12. The minimum Gasteiger partial charge on any atom is -0.392 e. The van der Waals surface area contributed by atoms with E-state index in [2.05, 4.69) is 26.8 Å². The molecule has 4 rings (SSSR count). The van der Waals surface area contributed by atoms with Crippen LogP contribution in [-0.2, 0) is 13.2 Å². The number of hydrogen-bond acceptors (Lipinski definition) is 6. The van der Waals surface area contributed by atoms with Gasteiger partial charge in [-0.1, -0.05) is 41.7 Å². The fourth-order valence-corrected chi connectivity index (χ4v) is 3.81. The predicted molar refractivity (Wildman–Crippen MR) is 93.9 cm³/mol. The second-order valence-corrected chi connectivity index (χ2v) is 7.00. The number of aliphatic hydroxyl groups is 1. The first-order valence-electron chi connectivity index (χ1n) is 7.15. The van der Waals surface area contributed by atoms with Crippen LogP contribution in [0.15, 0.2) is 48.0 Å². The molecule has 0 unspecified atom stereocenters. The van der Waals surface area contributed by atoms with Crippen molar-refractivity contribution in [2.75, 3.05) is 5.32 Å². The SMILES string of the molecule is OCc1ccccc1-c1cn2nc(NCc3cccs3)sc2n1. The number of thiophene rings is 1. The molecule has 0 atom stereocenters. The first kappa shape index (κ1) is 14.4. The van der Waals surface area contributed by atoms with Gasteiger partial charge in [0.25, 0.3) is 0 Å². The number of aromatic nitrogens is 3. The Hall–Kier alpha value is -2.22. The molecular formula is C16H14N4OS2. The van der Waals surface area contributed by atoms with E-state index in [-0.39, 0.29) is 6.61 Å². The molecule has 0 aliphatic heterocycles. The molecule has 0 amide bonds. The molecule has 0 saturated heterocycles. The van der Waals surface area contributed by atoms with Crippen molar-refractivity contribution in [1.29, 1.82) is 0 Å². The van der Waals surface area contributed by atoms with Crippen molar-refractivity contribution < 1.29 is 5.11 Å². The summed E-state index contributed by atoms with van der Waals surface area (Å²) in [6.07, 6.45) is 1.90. The first-order valence-corrected chi connectivity index (χ1v) is 8.85. The van der Waals surface area contributed by atoms with E-state index in [0.717, 1.165) is 33.5 Å². The highest BCUT2D eigenvalue weighted by atomic mass is 32.1. The standard InChI is InChI=1S/C16H14N4OS2/c21-10-11-4-1-2-6-13(11)14-9-20-16(18-14)23-15(19-20)17-8-12-5-3-7-22-12/h1-7,9,21H,8,10H2,(H,17,19). The van der Waals surface area contributed by atoms with E-state index < -0.39 is 0 Å². The maximum Gasteiger partial charge on any atom is 0.214 e. The molecule has 7 heteroatoms. The summed E-state index contributed by atoms with van der Waals surface area (Å²) in [4.78, 5) is 6.74. The number of imidazole rings is 1. The van der Waals surface area contributed by atoms with Crippen LogP contribution in [0.1, 0.15) is 10.4 Å². The van der Waals surface area contributed by atoms with Gasteiger partial charge in [-0.05, 0) is 17.0 Å². The maximum atomic E-state index is 9.45. The van der Waals surface area contributed by atoms with E-state index in [4.69, 9.17) is 0 Å². The first-order chi connectivity index (χ1) is 11.3. The molecule has 3 heterocycles. The molecule has 5 nitrogen and oxygen atoms in total. The largest absolute Gasteiger partial charge is 0.392 e. The summed E-state index contributed by atoms with van der Waals surface area (Å²) in [5.41, 5.74) is 2.65. The molecule has 23 heavy (non-hydrogen) atoms. The molecular weight excluding hydrogens is 328 g/mol. The minimum absolute atomic E-state index is 0.00238. The van der Waals surface area contributed by atoms with Crippen LogP contribution in [0.3, 0.4) is 0 Å². The van der Waals surface area contributed by atoms with Crippen molar-refractivity contribution in [2.45, 2.75) is 13.2 Å². The lowest BCUT2D eigenvalue weighted by molar-refractivity contribution is 0.282. The van der Waals surface area contributed by atoms with E-state index in [1.165, 1.54) is 16.2 Å². The van der Waals surface area contributed by atoms with Crippen molar-refractivity contribution in [1.82, 2.24) is 14.6 Å². The topological polar surface area (TPSA) is 62.5 Å². The van der Waals surface area contributed by atoms with Crippen molar-refractivity contribution >= 4 is 32.8 Å². The van der Waals surface area contributed by atoms with E-state index >= 15 is 0 Å². The lowest BCUT2D eigenvalue weighted by Crippen LogP contribution is -1.97. The van der Waals surface area contributed by atoms with Crippen molar-refractivity contribution in [3.63, 3.8) is 0 Å². The van der Waals surface area contributed by atoms with Crippen LogP contribution in [0.2, 0.25) is 0 Å². The monoisotopic (exact) mass is 342 g/mol. The Morgan fingerprint density at radius 3 is 2.87 bits per heavy atom.